The molecular formula is C28H20F3N5O3. The van der Waals surface area contributed by atoms with E-state index in [1.54, 1.807) is 36.7 Å². The van der Waals surface area contributed by atoms with E-state index in [2.05, 4.69) is 20.6 Å². The lowest BCUT2D eigenvalue weighted by atomic mass is 10.0. The fourth-order valence-corrected chi connectivity index (χ4v) is 4.12. The second-order valence-electron chi connectivity index (χ2n) is 8.63. The fourth-order valence-electron chi connectivity index (χ4n) is 4.12. The number of anilines is 1. The smallest absolute Gasteiger partial charge is 0.263 e. The van der Waals surface area contributed by atoms with Gasteiger partial charge < -0.3 is 20.2 Å². The van der Waals surface area contributed by atoms with Gasteiger partial charge in [0.05, 0.1) is 12.1 Å². The van der Waals surface area contributed by atoms with Crippen LogP contribution in [0.4, 0.5) is 18.9 Å². The minimum atomic E-state index is -1.59. The van der Waals surface area contributed by atoms with Gasteiger partial charge in [-0.15, -0.1) is 0 Å². The Bertz CT molecular complexity index is 1680. The van der Waals surface area contributed by atoms with E-state index >= 15 is 0 Å². The summed E-state index contributed by atoms with van der Waals surface area (Å²) >= 11 is 0. The number of fused-ring (bicyclic) bond motifs is 1. The number of carbonyl (C=O) groups is 2. The number of aromatic nitrogens is 3. The second-order valence-corrected chi connectivity index (χ2v) is 8.63. The number of hydrogen-bond donors (Lipinski definition) is 3. The molecule has 11 heteroatoms. The van der Waals surface area contributed by atoms with Crippen LogP contribution in [0.2, 0.25) is 0 Å². The van der Waals surface area contributed by atoms with Gasteiger partial charge in [-0.1, -0.05) is 24.3 Å². The number of benzene rings is 2. The molecule has 2 aromatic carbocycles. The molecule has 39 heavy (non-hydrogen) atoms. The molecule has 3 heterocycles. The number of aromatic amines is 1. The lowest BCUT2D eigenvalue weighted by molar-refractivity contribution is -0.110. The Morgan fingerprint density at radius 3 is 2.62 bits per heavy atom. The Balaban J connectivity index is 1.23. The number of rotatable bonds is 7. The lowest BCUT2D eigenvalue weighted by Crippen LogP contribution is -2.33. The molecule has 0 saturated heterocycles. The minimum Gasteiger partial charge on any atom is -0.348 e. The van der Waals surface area contributed by atoms with Crippen LogP contribution in [0.15, 0.2) is 71.9 Å². The summed E-state index contributed by atoms with van der Waals surface area (Å²) in [7, 11) is 0. The summed E-state index contributed by atoms with van der Waals surface area (Å²) in [6.07, 6.45) is 9.72. The third kappa shape index (κ3) is 5.42. The first kappa shape index (κ1) is 25.5. The number of amides is 2. The van der Waals surface area contributed by atoms with Crippen molar-refractivity contribution in [3.05, 3.63) is 123 Å². The van der Waals surface area contributed by atoms with Crippen molar-refractivity contribution in [3.63, 3.8) is 0 Å². The van der Waals surface area contributed by atoms with Crippen LogP contribution >= 0.6 is 0 Å². The van der Waals surface area contributed by atoms with Crippen molar-refractivity contribution < 1.29 is 22.8 Å². The highest BCUT2D eigenvalue weighted by Crippen LogP contribution is 2.33. The van der Waals surface area contributed by atoms with Gasteiger partial charge in [-0.25, -0.2) is 18.2 Å². The molecule has 3 N–H and O–H groups in total. The Hall–Kier alpha value is -5.19. The average Bonchev–Trinajstić information content (AvgIpc) is 3.53. The molecule has 1 aliphatic heterocycles. The van der Waals surface area contributed by atoms with Crippen molar-refractivity contribution in [2.45, 2.75) is 6.54 Å². The lowest BCUT2D eigenvalue weighted by Gasteiger charge is -2.09. The Morgan fingerprint density at radius 2 is 1.87 bits per heavy atom. The van der Waals surface area contributed by atoms with Gasteiger partial charge in [-0.05, 0) is 47.5 Å². The van der Waals surface area contributed by atoms with Gasteiger partial charge in [0.2, 0.25) is 0 Å². The van der Waals surface area contributed by atoms with Crippen LogP contribution in [-0.2, 0) is 11.3 Å². The molecule has 0 radical (unpaired) electrons. The highest BCUT2D eigenvalue weighted by Gasteiger charge is 2.24. The van der Waals surface area contributed by atoms with Crippen LogP contribution in [0.1, 0.15) is 32.9 Å². The molecule has 2 aromatic heterocycles. The molecule has 0 saturated carbocycles. The number of pyridine rings is 1. The van der Waals surface area contributed by atoms with Gasteiger partial charge in [-0.2, -0.15) is 0 Å². The van der Waals surface area contributed by atoms with Crippen LogP contribution in [0.5, 0.6) is 0 Å². The largest absolute Gasteiger partial charge is 0.348 e. The van der Waals surface area contributed by atoms with E-state index in [1.807, 2.05) is 12.1 Å². The summed E-state index contributed by atoms with van der Waals surface area (Å²) in [5.74, 6) is -4.63. The summed E-state index contributed by atoms with van der Waals surface area (Å²) in [5.41, 5.74) is 1.86. The Kier molecular flexibility index (Phi) is 6.96. The van der Waals surface area contributed by atoms with Gasteiger partial charge in [0, 0.05) is 36.4 Å². The number of nitrogens with zero attached hydrogens (tertiary/aromatic N) is 2. The summed E-state index contributed by atoms with van der Waals surface area (Å²) in [5, 5.41) is 5.44. The zero-order valence-electron chi connectivity index (χ0n) is 20.2. The standard InChI is InChI=1S/C28H20F3N5O3/c29-21-11-17(12-22(30)25(21)31)15-36-10-2-4-19(28(36)39)26(37)34-7-1-3-16-5-6-18-20(14-24-32-8-9-33-24)27(38)35-23(18)13-16/h1-6,8-14H,7,15H2,(H,32,33)(H,34,37)(H,35,38)/b3-1+,20-14-. The molecule has 196 valence electrons. The summed E-state index contributed by atoms with van der Waals surface area (Å²) < 4.78 is 41.3. The first-order valence-corrected chi connectivity index (χ1v) is 11.7. The van der Waals surface area contributed by atoms with Crippen molar-refractivity contribution >= 4 is 35.2 Å². The molecule has 0 unspecified atom stereocenters. The fraction of sp³-hybridized carbons (Fsp3) is 0.0714. The first-order chi connectivity index (χ1) is 18.8. The molecule has 0 spiro atoms. The van der Waals surface area contributed by atoms with Crippen LogP contribution in [0.25, 0.3) is 17.7 Å². The van der Waals surface area contributed by atoms with E-state index in [-0.39, 0.29) is 30.1 Å². The number of imidazole rings is 1. The summed E-state index contributed by atoms with van der Waals surface area (Å²) in [4.78, 5) is 44.8. The van der Waals surface area contributed by atoms with E-state index in [0.717, 1.165) is 27.8 Å². The number of H-pyrrole nitrogens is 1. The molecule has 2 amide bonds. The number of halogens is 3. The summed E-state index contributed by atoms with van der Waals surface area (Å²) in [6.45, 7) is -0.143. The predicted octanol–water partition coefficient (Wildman–Crippen LogP) is 3.97. The normalized spacial score (nSPS) is 13.6. The second kappa shape index (κ2) is 10.7. The van der Waals surface area contributed by atoms with Gasteiger partial charge in [-0.3, -0.25) is 14.4 Å². The zero-order chi connectivity index (χ0) is 27.5. The third-order valence-electron chi connectivity index (χ3n) is 5.98. The SMILES string of the molecule is O=C1Nc2cc(/C=C/CNC(=O)c3cccn(Cc4cc(F)c(F)c(F)c4)c3=O)ccc2/C1=C/c1ncc[nH]1. The maximum Gasteiger partial charge on any atom is 0.263 e. The molecule has 4 aromatic rings. The molecule has 0 fully saturated rings. The van der Waals surface area contributed by atoms with Crippen LogP contribution in [-0.4, -0.2) is 32.9 Å². The number of nitrogens with one attached hydrogen (secondary N) is 3. The van der Waals surface area contributed by atoms with E-state index in [9.17, 15) is 27.6 Å². The van der Waals surface area contributed by atoms with E-state index in [4.69, 9.17) is 0 Å². The number of hydrogen-bond acceptors (Lipinski definition) is 4. The van der Waals surface area contributed by atoms with Crippen LogP contribution in [0.3, 0.4) is 0 Å². The molecule has 0 aliphatic carbocycles. The molecule has 0 bridgehead atoms. The van der Waals surface area contributed by atoms with E-state index in [1.165, 1.54) is 18.3 Å². The monoisotopic (exact) mass is 531 g/mol. The van der Waals surface area contributed by atoms with Crippen molar-refractivity contribution in [1.29, 1.82) is 0 Å². The highest BCUT2D eigenvalue weighted by molar-refractivity contribution is 6.34. The summed E-state index contributed by atoms with van der Waals surface area (Å²) in [6, 6.07) is 9.81. The van der Waals surface area contributed by atoms with Gasteiger partial charge in [0.1, 0.15) is 11.4 Å². The molecule has 8 nitrogen and oxygen atoms in total. The van der Waals surface area contributed by atoms with E-state index in [0.29, 0.717) is 17.1 Å². The Morgan fingerprint density at radius 1 is 1.08 bits per heavy atom. The van der Waals surface area contributed by atoms with Gasteiger partial charge in [0.15, 0.2) is 17.5 Å². The zero-order valence-corrected chi connectivity index (χ0v) is 20.2. The quantitative estimate of drug-likeness (QED) is 0.248. The van der Waals surface area contributed by atoms with Crippen molar-refractivity contribution in [1.82, 2.24) is 19.9 Å². The average molecular weight is 531 g/mol. The van der Waals surface area contributed by atoms with Crippen LogP contribution < -0.4 is 16.2 Å². The molecule has 5 rings (SSSR count). The number of carbonyl (C=O) groups excluding carboxylic acids is 2. The molecule has 1 aliphatic rings. The highest BCUT2D eigenvalue weighted by atomic mass is 19.2. The topological polar surface area (TPSA) is 109 Å². The van der Waals surface area contributed by atoms with Crippen molar-refractivity contribution in [3.8, 4) is 0 Å². The maximum atomic E-state index is 13.5. The predicted molar refractivity (Wildman–Crippen MR) is 139 cm³/mol. The third-order valence-corrected chi connectivity index (χ3v) is 5.98. The van der Waals surface area contributed by atoms with Crippen molar-refractivity contribution in [2.75, 3.05) is 11.9 Å². The first-order valence-electron chi connectivity index (χ1n) is 11.7. The minimum absolute atomic E-state index is 0.0307. The van der Waals surface area contributed by atoms with Gasteiger partial charge in [0.25, 0.3) is 17.4 Å². The van der Waals surface area contributed by atoms with Crippen molar-refractivity contribution in [2.24, 2.45) is 0 Å². The molecule has 0 atom stereocenters. The van der Waals surface area contributed by atoms with Crippen LogP contribution in [0, 0.1) is 17.5 Å². The molecular weight excluding hydrogens is 511 g/mol. The maximum absolute atomic E-state index is 13.5. The Labute approximate surface area is 219 Å². The van der Waals surface area contributed by atoms with E-state index < -0.39 is 28.9 Å². The van der Waals surface area contributed by atoms with Gasteiger partial charge >= 0.3 is 0 Å².